The summed E-state index contributed by atoms with van der Waals surface area (Å²) in [5, 5.41) is 0. The molecule has 2 N–H and O–H groups in total. The summed E-state index contributed by atoms with van der Waals surface area (Å²) in [6.45, 7) is 2.92. The summed E-state index contributed by atoms with van der Waals surface area (Å²) in [4.78, 5) is 4.36. The third-order valence-electron chi connectivity index (χ3n) is 2.16. The first-order chi connectivity index (χ1) is 6.90. The topological polar surface area (TPSA) is 35.2 Å². The molecule has 0 atom stereocenters. The van der Waals surface area contributed by atoms with Crippen LogP contribution in [0.3, 0.4) is 0 Å². The summed E-state index contributed by atoms with van der Waals surface area (Å²) in [5.41, 5.74) is -1.38. The molecule has 1 aromatic carbocycles. The molecule has 1 aromatic rings. The van der Waals surface area contributed by atoms with Crippen LogP contribution in [0.25, 0.3) is 0 Å². The van der Waals surface area contributed by atoms with Crippen LogP contribution in [0, 0.1) is 17.5 Å². The SMILES string of the molecule is CC(C)(CON)c1c(F)ccc(F)c1F. The molecule has 0 saturated heterocycles. The van der Waals surface area contributed by atoms with Crippen molar-refractivity contribution in [1.82, 2.24) is 0 Å². The molecule has 0 amide bonds. The van der Waals surface area contributed by atoms with Crippen molar-refractivity contribution in [3.63, 3.8) is 0 Å². The minimum Gasteiger partial charge on any atom is -0.304 e. The third-order valence-corrected chi connectivity index (χ3v) is 2.16. The number of hydrogen-bond acceptors (Lipinski definition) is 2. The van der Waals surface area contributed by atoms with Crippen LogP contribution < -0.4 is 5.90 Å². The average Bonchev–Trinajstić information content (AvgIpc) is 2.11. The molecule has 0 saturated carbocycles. The van der Waals surface area contributed by atoms with Crippen molar-refractivity contribution in [3.05, 3.63) is 35.1 Å². The van der Waals surface area contributed by atoms with Gasteiger partial charge in [0.1, 0.15) is 5.82 Å². The summed E-state index contributed by atoms with van der Waals surface area (Å²) >= 11 is 0. The molecule has 5 heteroatoms. The lowest BCUT2D eigenvalue weighted by Gasteiger charge is -2.24. The maximum absolute atomic E-state index is 13.4. The summed E-state index contributed by atoms with van der Waals surface area (Å²) in [6.07, 6.45) is 0. The van der Waals surface area contributed by atoms with Gasteiger partial charge >= 0.3 is 0 Å². The molecular formula is C10H12F3NO. The van der Waals surface area contributed by atoms with Gasteiger partial charge in [0, 0.05) is 11.0 Å². The highest BCUT2D eigenvalue weighted by Gasteiger charge is 2.29. The normalized spacial score (nSPS) is 11.9. The Morgan fingerprint density at radius 1 is 1.20 bits per heavy atom. The molecule has 2 nitrogen and oxygen atoms in total. The van der Waals surface area contributed by atoms with Crippen LogP contribution in [-0.2, 0) is 10.3 Å². The van der Waals surface area contributed by atoms with Gasteiger partial charge < -0.3 is 4.84 Å². The van der Waals surface area contributed by atoms with Gasteiger partial charge in [-0.3, -0.25) is 0 Å². The number of rotatable bonds is 3. The van der Waals surface area contributed by atoms with Crippen molar-refractivity contribution in [1.29, 1.82) is 0 Å². The molecule has 15 heavy (non-hydrogen) atoms. The molecule has 0 aliphatic heterocycles. The Balaban J connectivity index is 3.29. The van der Waals surface area contributed by atoms with E-state index in [1.165, 1.54) is 13.8 Å². The molecular weight excluding hydrogens is 207 g/mol. The molecule has 0 aliphatic rings. The molecule has 0 fully saturated rings. The monoisotopic (exact) mass is 219 g/mol. The van der Waals surface area contributed by atoms with Gasteiger partial charge in [0.2, 0.25) is 0 Å². The Morgan fingerprint density at radius 2 is 1.73 bits per heavy atom. The van der Waals surface area contributed by atoms with Gasteiger partial charge in [-0.25, -0.2) is 19.1 Å². The molecule has 0 aromatic heterocycles. The lowest BCUT2D eigenvalue weighted by atomic mass is 9.84. The summed E-state index contributed by atoms with van der Waals surface area (Å²) in [6, 6.07) is 1.62. The predicted octanol–water partition coefficient (Wildman–Crippen LogP) is 2.27. The number of nitrogens with two attached hydrogens (primary N) is 1. The van der Waals surface area contributed by atoms with Crippen molar-refractivity contribution >= 4 is 0 Å². The quantitative estimate of drug-likeness (QED) is 0.625. The highest BCUT2D eigenvalue weighted by atomic mass is 19.2. The molecule has 1 rings (SSSR count). The van der Waals surface area contributed by atoms with E-state index in [1.807, 2.05) is 0 Å². The minimum absolute atomic E-state index is 0.107. The van der Waals surface area contributed by atoms with Crippen molar-refractivity contribution in [2.75, 3.05) is 6.61 Å². The highest BCUT2D eigenvalue weighted by Crippen LogP contribution is 2.29. The van der Waals surface area contributed by atoms with Gasteiger partial charge in [0.05, 0.1) is 6.61 Å². The van der Waals surface area contributed by atoms with Crippen LogP contribution >= 0.6 is 0 Å². The molecule has 84 valence electrons. The van der Waals surface area contributed by atoms with E-state index in [2.05, 4.69) is 4.84 Å². The molecule has 0 bridgehead atoms. The van der Waals surface area contributed by atoms with Crippen LogP contribution in [0.4, 0.5) is 13.2 Å². The third kappa shape index (κ3) is 2.30. The van der Waals surface area contributed by atoms with E-state index in [9.17, 15) is 13.2 Å². The lowest BCUT2D eigenvalue weighted by Crippen LogP contribution is -2.29. The van der Waals surface area contributed by atoms with Crippen LogP contribution in [0.1, 0.15) is 19.4 Å². The number of hydrogen-bond donors (Lipinski definition) is 1. The second-order valence-electron chi connectivity index (χ2n) is 3.91. The zero-order valence-electron chi connectivity index (χ0n) is 8.48. The fraction of sp³-hybridized carbons (Fsp3) is 0.400. The van der Waals surface area contributed by atoms with E-state index in [0.717, 1.165) is 12.1 Å². The summed E-state index contributed by atoms with van der Waals surface area (Å²) < 4.78 is 39.6. The van der Waals surface area contributed by atoms with Gasteiger partial charge in [0.25, 0.3) is 0 Å². The van der Waals surface area contributed by atoms with E-state index >= 15 is 0 Å². The zero-order valence-corrected chi connectivity index (χ0v) is 8.48. The Hall–Kier alpha value is -1.07. The minimum atomic E-state index is -1.20. The Morgan fingerprint density at radius 3 is 2.27 bits per heavy atom. The Labute approximate surface area is 85.8 Å². The highest BCUT2D eigenvalue weighted by molar-refractivity contribution is 5.28. The average molecular weight is 219 g/mol. The molecule has 0 unspecified atom stereocenters. The van der Waals surface area contributed by atoms with Gasteiger partial charge in [-0.05, 0) is 12.1 Å². The second kappa shape index (κ2) is 4.20. The largest absolute Gasteiger partial charge is 0.304 e. The summed E-state index contributed by atoms with van der Waals surface area (Å²) in [5.74, 6) is 1.76. The van der Waals surface area contributed by atoms with Crippen LogP contribution in [-0.4, -0.2) is 6.61 Å². The number of benzene rings is 1. The molecule has 0 heterocycles. The van der Waals surface area contributed by atoms with Gasteiger partial charge in [0.15, 0.2) is 11.6 Å². The van der Waals surface area contributed by atoms with Crippen LogP contribution in [0.15, 0.2) is 12.1 Å². The van der Waals surface area contributed by atoms with E-state index in [4.69, 9.17) is 5.90 Å². The molecule has 0 aliphatic carbocycles. The van der Waals surface area contributed by atoms with Crippen molar-refractivity contribution in [2.45, 2.75) is 19.3 Å². The van der Waals surface area contributed by atoms with Gasteiger partial charge in [-0.15, -0.1) is 0 Å². The van der Waals surface area contributed by atoms with Crippen LogP contribution in [0.2, 0.25) is 0 Å². The summed E-state index contributed by atoms with van der Waals surface area (Å²) in [7, 11) is 0. The lowest BCUT2D eigenvalue weighted by molar-refractivity contribution is 0.0932. The number of halogens is 3. The Kier molecular flexibility index (Phi) is 3.36. The smallest absolute Gasteiger partial charge is 0.165 e. The van der Waals surface area contributed by atoms with Crippen molar-refractivity contribution in [3.8, 4) is 0 Å². The maximum atomic E-state index is 13.4. The second-order valence-corrected chi connectivity index (χ2v) is 3.91. The molecule has 0 radical (unpaired) electrons. The maximum Gasteiger partial charge on any atom is 0.165 e. The predicted molar refractivity (Wildman–Crippen MR) is 49.5 cm³/mol. The fourth-order valence-electron chi connectivity index (χ4n) is 1.43. The van der Waals surface area contributed by atoms with Crippen molar-refractivity contribution in [2.24, 2.45) is 5.90 Å². The standard InChI is InChI=1S/C10H12F3NO/c1-10(2,5-15-14)8-6(11)3-4-7(12)9(8)13/h3-4H,5,14H2,1-2H3. The van der Waals surface area contributed by atoms with Crippen molar-refractivity contribution < 1.29 is 18.0 Å². The first kappa shape index (κ1) is 12.0. The van der Waals surface area contributed by atoms with Gasteiger partial charge in [-0.2, -0.15) is 0 Å². The van der Waals surface area contributed by atoms with Crippen LogP contribution in [0.5, 0.6) is 0 Å². The zero-order chi connectivity index (χ0) is 11.6. The van der Waals surface area contributed by atoms with E-state index in [0.29, 0.717) is 0 Å². The van der Waals surface area contributed by atoms with E-state index in [-0.39, 0.29) is 12.2 Å². The van der Waals surface area contributed by atoms with E-state index in [1.54, 1.807) is 0 Å². The first-order valence-corrected chi connectivity index (χ1v) is 4.36. The van der Waals surface area contributed by atoms with E-state index < -0.39 is 22.9 Å². The molecule has 0 spiro atoms. The first-order valence-electron chi connectivity index (χ1n) is 4.36. The fourth-order valence-corrected chi connectivity index (χ4v) is 1.43. The van der Waals surface area contributed by atoms with Gasteiger partial charge in [-0.1, -0.05) is 13.8 Å². The Bertz CT molecular complexity index is 366.